The van der Waals surface area contributed by atoms with E-state index in [0.29, 0.717) is 24.6 Å². The summed E-state index contributed by atoms with van der Waals surface area (Å²) in [6, 6.07) is 4.86. The van der Waals surface area contributed by atoms with Gasteiger partial charge >= 0.3 is 0 Å². The first-order chi connectivity index (χ1) is 7.22. The smallest absolute Gasteiger partial charge is 0.150 e. The average molecular weight is 227 g/mol. The highest BCUT2D eigenvalue weighted by molar-refractivity contribution is 5.60. The molecule has 1 aliphatic rings. The van der Waals surface area contributed by atoms with Crippen LogP contribution in [0.3, 0.4) is 0 Å². The van der Waals surface area contributed by atoms with E-state index in [2.05, 4.69) is 0 Å². The zero-order chi connectivity index (χ0) is 10.8. The monoisotopic (exact) mass is 227 g/mol. The zero-order valence-corrected chi connectivity index (χ0v) is 8.87. The van der Waals surface area contributed by atoms with Crippen LogP contribution in [-0.4, -0.2) is 33.4 Å². The van der Waals surface area contributed by atoms with Crippen LogP contribution in [0.15, 0.2) is 18.2 Å². The standard InChI is InChI=1S/C11H14FNO2.CH4/c1-13-6-8(7-14-2)15-10-5-3-4-9(12)11(10)13;/h3-5,8H,6-7H2,1-2H3;1H4/t8-;/m1./s1. The van der Waals surface area contributed by atoms with Crippen molar-refractivity contribution in [2.45, 2.75) is 13.5 Å². The number of hydrogen-bond acceptors (Lipinski definition) is 3. The molecule has 16 heavy (non-hydrogen) atoms. The van der Waals surface area contributed by atoms with E-state index in [1.807, 2.05) is 11.9 Å². The first-order valence-corrected chi connectivity index (χ1v) is 4.87. The number of rotatable bonds is 2. The van der Waals surface area contributed by atoms with Gasteiger partial charge in [0.25, 0.3) is 0 Å². The molecule has 3 nitrogen and oxygen atoms in total. The molecule has 1 heterocycles. The molecule has 1 aliphatic heterocycles. The summed E-state index contributed by atoms with van der Waals surface area (Å²) in [5.41, 5.74) is 0.532. The molecule has 4 heteroatoms. The minimum Gasteiger partial charge on any atom is -0.484 e. The van der Waals surface area contributed by atoms with Crippen LogP contribution >= 0.6 is 0 Å². The van der Waals surface area contributed by atoms with Gasteiger partial charge in [-0.25, -0.2) is 4.39 Å². The van der Waals surface area contributed by atoms with E-state index < -0.39 is 0 Å². The number of anilines is 1. The fourth-order valence-electron chi connectivity index (χ4n) is 1.85. The molecule has 0 aliphatic carbocycles. The van der Waals surface area contributed by atoms with Crippen molar-refractivity contribution in [3.8, 4) is 5.75 Å². The molecule has 1 aromatic carbocycles. The van der Waals surface area contributed by atoms with E-state index in [4.69, 9.17) is 9.47 Å². The quantitative estimate of drug-likeness (QED) is 0.774. The number of ether oxygens (including phenoxy) is 2. The molecule has 0 bridgehead atoms. The van der Waals surface area contributed by atoms with Gasteiger partial charge in [-0.1, -0.05) is 13.5 Å². The van der Waals surface area contributed by atoms with Gasteiger partial charge in [0, 0.05) is 14.2 Å². The Balaban J connectivity index is 0.00000128. The Labute approximate surface area is 95.8 Å². The van der Waals surface area contributed by atoms with Crippen molar-refractivity contribution in [1.29, 1.82) is 0 Å². The zero-order valence-electron chi connectivity index (χ0n) is 8.87. The van der Waals surface area contributed by atoms with Crippen LogP contribution in [-0.2, 0) is 4.74 Å². The molecule has 1 aromatic rings. The van der Waals surface area contributed by atoms with Crippen molar-refractivity contribution in [1.82, 2.24) is 0 Å². The third-order valence-corrected chi connectivity index (χ3v) is 2.46. The van der Waals surface area contributed by atoms with Gasteiger partial charge in [-0.15, -0.1) is 0 Å². The second-order valence-corrected chi connectivity index (χ2v) is 3.66. The van der Waals surface area contributed by atoms with Gasteiger partial charge in [0.15, 0.2) is 0 Å². The molecule has 0 saturated carbocycles. The topological polar surface area (TPSA) is 21.7 Å². The van der Waals surface area contributed by atoms with Gasteiger partial charge in [-0.05, 0) is 12.1 Å². The molecule has 90 valence electrons. The molecule has 0 aromatic heterocycles. The highest BCUT2D eigenvalue weighted by Gasteiger charge is 2.25. The normalized spacial score (nSPS) is 18.4. The minimum absolute atomic E-state index is 0. The molecule has 0 amide bonds. The summed E-state index contributed by atoms with van der Waals surface area (Å²) in [5, 5.41) is 0. The number of hydrogen-bond donors (Lipinski definition) is 0. The van der Waals surface area contributed by atoms with Crippen LogP contribution in [0.25, 0.3) is 0 Å². The van der Waals surface area contributed by atoms with Crippen molar-refractivity contribution in [2.75, 3.05) is 32.2 Å². The highest BCUT2D eigenvalue weighted by Crippen LogP contribution is 2.34. The Kier molecular flexibility index (Phi) is 4.12. The predicted molar refractivity (Wildman–Crippen MR) is 62.7 cm³/mol. The number of likely N-dealkylation sites (N-methyl/N-ethyl adjacent to an activating group) is 1. The lowest BCUT2D eigenvalue weighted by Crippen LogP contribution is -2.40. The van der Waals surface area contributed by atoms with Crippen LogP contribution in [0.2, 0.25) is 0 Å². The van der Waals surface area contributed by atoms with E-state index >= 15 is 0 Å². The Hall–Kier alpha value is -1.29. The van der Waals surface area contributed by atoms with E-state index in [1.54, 1.807) is 19.2 Å². The largest absolute Gasteiger partial charge is 0.484 e. The van der Waals surface area contributed by atoms with Crippen molar-refractivity contribution < 1.29 is 13.9 Å². The SMILES string of the molecule is C.COC[C@H]1CN(C)c2c(F)cccc2O1. The van der Waals surface area contributed by atoms with E-state index in [-0.39, 0.29) is 19.3 Å². The maximum Gasteiger partial charge on any atom is 0.150 e. The Morgan fingerprint density at radius 3 is 3.00 bits per heavy atom. The van der Waals surface area contributed by atoms with Crippen molar-refractivity contribution in [3.05, 3.63) is 24.0 Å². The molecule has 0 spiro atoms. The molecular weight excluding hydrogens is 209 g/mol. The van der Waals surface area contributed by atoms with E-state index in [1.165, 1.54) is 6.07 Å². The highest BCUT2D eigenvalue weighted by atomic mass is 19.1. The van der Waals surface area contributed by atoms with E-state index in [0.717, 1.165) is 0 Å². The fourth-order valence-corrected chi connectivity index (χ4v) is 1.85. The van der Waals surface area contributed by atoms with Gasteiger partial charge < -0.3 is 14.4 Å². The first kappa shape index (κ1) is 12.8. The summed E-state index contributed by atoms with van der Waals surface area (Å²) in [4.78, 5) is 1.86. The second kappa shape index (κ2) is 5.16. The second-order valence-electron chi connectivity index (χ2n) is 3.66. The van der Waals surface area contributed by atoms with E-state index in [9.17, 15) is 4.39 Å². The van der Waals surface area contributed by atoms with Gasteiger partial charge in [-0.3, -0.25) is 0 Å². The van der Waals surface area contributed by atoms with Gasteiger partial charge in [0.1, 0.15) is 23.4 Å². The summed E-state index contributed by atoms with van der Waals surface area (Å²) >= 11 is 0. The molecule has 0 fully saturated rings. The number of para-hydroxylation sites is 1. The number of nitrogens with zero attached hydrogens (tertiary/aromatic N) is 1. The Morgan fingerprint density at radius 2 is 2.31 bits per heavy atom. The van der Waals surface area contributed by atoms with Gasteiger partial charge in [0.05, 0.1) is 13.2 Å². The number of benzene rings is 1. The fraction of sp³-hybridized carbons (Fsp3) is 0.500. The van der Waals surface area contributed by atoms with Crippen LogP contribution in [0, 0.1) is 5.82 Å². The lowest BCUT2D eigenvalue weighted by molar-refractivity contribution is 0.0796. The summed E-state index contributed by atoms with van der Waals surface area (Å²) in [5.74, 6) is 0.344. The lowest BCUT2D eigenvalue weighted by Gasteiger charge is -2.33. The third-order valence-electron chi connectivity index (χ3n) is 2.46. The minimum atomic E-state index is -0.245. The van der Waals surface area contributed by atoms with Crippen LogP contribution in [0.5, 0.6) is 5.75 Å². The molecular formula is C12H18FNO2. The maximum absolute atomic E-state index is 13.5. The van der Waals surface area contributed by atoms with Crippen LogP contribution < -0.4 is 9.64 Å². The molecule has 1 atom stereocenters. The Bertz CT molecular complexity index is 357. The molecule has 0 N–H and O–H groups in total. The number of fused-ring (bicyclic) bond motifs is 1. The van der Waals surface area contributed by atoms with Gasteiger partial charge in [-0.2, -0.15) is 0 Å². The van der Waals surface area contributed by atoms with Crippen LogP contribution in [0.1, 0.15) is 7.43 Å². The molecule has 0 unspecified atom stereocenters. The number of halogens is 1. The molecule has 0 radical (unpaired) electrons. The molecule has 0 saturated heterocycles. The first-order valence-electron chi connectivity index (χ1n) is 4.87. The van der Waals surface area contributed by atoms with Gasteiger partial charge in [0.2, 0.25) is 0 Å². The average Bonchev–Trinajstić information content (AvgIpc) is 2.17. The van der Waals surface area contributed by atoms with Crippen molar-refractivity contribution in [2.24, 2.45) is 0 Å². The maximum atomic E-state index is 13.5. The number of methoxy groups -OCH3 is 1. The Morgan fingerprint density at radius 1 is 1.56 bits per heavy atom. The predicted octanol–water partition coefficient (Wildman–Crippen LogP) is 2.31. The summed E-state index contributed by atoms with van der Waals surface area (Å²) in [6.07, 6.45) is -0.0331. The lowest BCUT2D eigenvalue weighted by atomic mass is 10.2. The van der Waals surface area contributed by atoms with Crippen LogP contribution in [0.4, 0.5) is 10.1 Å². The summed E-state index contributed by atoms with van der Waals surface area (Å²) in [7, 11) is 3.48. The molecule has 2 rings (SSSR count). The summed E-state index contributed by atoms with van der Waals surface area (Å²) in [6.45, 7) is 1.15. The van der Waals surface area contributed by atoms with Crippen molar-refractivity contribution >= 4 is 5.69 Å². The summed E-state index contributed by atoms with van der Waals surface area (Å²) < 4.78 is 24.1. The third kappa shape index (κ3) is 2.27. The van der Waals surface area contributed by atoms with Crippen molar-refractivity contribution in [3.63, 3.8) is 0 Å².